The Bertz CT molecular complexity index is 783. The van der Waals surface area contributed by atoms with Crippen LogP contribution in [0.1, 0.15) is 27.6 Å². The van der Waals surface area contributed by atoms with E-state index in [0.29, 0.717) is 12.0 Å². The fourth-order valence-electron chi connectivity index (χ4n) is 3.14. The molecule has 1 saturated heterocycles. The van der Waals surface area contributed by atoms with E-state index in [-0.39, 0.29) is 29.1 Å². The predicted octanol–water partition coefficient (Wildman–Crippen LogP) is 4.40. The molecule has 0 amide bonds. The molecule has 0 aliphatic carbocycles. The zero-order valence-corrected chi connectivity index (χ0v) is 17.7. The fraction of sp³-hybridized carbons (Fsp3) is 0.381. The van der Waals surface area contributed by atoms with Crippen LogP contribution in [0.2, 0.25) is 0 Å². The van der Waals surface area contributed by atoms with Gasteiger partial charge >= 0.3 is 0 Å². The number of carbonyl (C=O) groups is 1. The number of nitro benzene ring substituents is 1. The van der Waals surface area contributed by atoms with E-state index in [9.17, 15) is 14.9 Å². The van der Waals surface area contributed by atoms with Gasteiger partial charge in [-0.3, -0.25) is 19.8 Å². The summed E-state index contributed by atoms with van der Waals surface area (Å²) in [4.78, 5) is 25.5. The number of carbonyl (C=O) groups excluding carboxylic acids is 1. The minimum absolute atomic E-state index is 0. The van der Waals surface area contributed by atoms with E-state index >= 15 is 0 Å². The third-order valence-corrected chi connectivity index (χ3v) is 6.03. The summed E-state index contributed by atoms with van der Waals surface area (Å²) in [6.45, 7) is 4.45. The zero-order chi connectivity index (χ0) is 19.8. The number of ether oxygens (including phenoxy) is 1. The van der Waals surface area contributed by atoms with Gasteiger partial charge in [-0.15, -0.1) is 12.4 Å². The lowest BCUT2D eigenvalue weighted by molar-refractivity contribution is -0.384. The van der Waals surface area contributed by atoms with Crippen molar-refractivity contribution in [1.82, 2.24) is 4.90 Å². The van der Waals surface area contributed by atoms with E-state index in [1.54, 1.807) is 23.9 Å². The maximum atomic E-state index is 12.8. The Morgan fingerprint density at radius 3 is 2.38 bits per heavy atom. The number of halogens is 1. The van der Waals surface area contributed by atoms with Gasteiger partial charge in [0.25, 0.3) is 5.69 Å². The number of thioether (sulfide) groups is 1. The molecule has 29 heavy (non-hydrogen) atoms. The molecule has 2 aromatic rings. The number of hydrogen-bond donors (Lipinski definition) is 0. The molecule has 1 atom stereocenters. The molecule has 1 aliphatic rings. The molecule has 0 N–H and O–H groups in total. The lowest BCUT2D eigenvalue weighted by Crippen LogP contribution is -2.37. The highest BCUT2D eigenvalue weighted by Crippen LogP contribution is 2.33. The van der Waals surface area contributed by atoms with E-state index in [0.717, 1.165) is 44.2 Å². The highest BCUT2D eigenvalue weighted by atomic mass is 35.5. The molecule has 8 heteroatoms. The molecule has 6 nitrogen and oxygen atoms in total. The maximum absolute atomic E-state index is 12.8. The summed E-state index contributed by atoms with van der Waals surface area (Å²) < 4.78 is 5.39. The van der Waals surface area contributed by atoms with E-state index in [4.69, 9.17) is 4.74 Å². The SMILES string of the molecule is Cl.O=C(CC(SCCN1CCOCC1)c1ccccc1)c1ccc([N+](=O)[O-])cc1. The largest absolute Gasteiger partial charge is 0.379 e. The monoisotopic (exact) mass is 436 g/mol. The van der Waals surface area contributed by atoms with Gasteiger partial charge in [0, 0.05) is 54.8 Å². The number of nitro groups is 1. The Labute approximate surface area is 181 Å². The minimum Gasteiger partial charge on any atom is -0.379 e. The van der Waals surface area contributed by atoms with Gasteiger partial charge in [-0.05, 0) is 17.7 Å². The lowest BCUT2D eigenvalue weighted by Gasteiger charge is -2.27. The van der Waals surface area contributed by atoms with Gasteiger partial charge in [0.1, 0.15) is 0 Å². The summed E-state index contributed by atoms with van der Waals surface area (Å²) in [5, 5.41) is 10.9. The predicted molar refractivity (Wildman–Crippen MR) is 118 cm³/mol. The molecule has 1 heterocycles. The molecular formula is C21H25ClN2O4S. The summed E-state index contributed by atoms with van der Waals surface area (Å²) in [6, 6.07) is 15.9. The molecule has 2 aromatic carbocycles. The molecule has 0 saturated carbocycles. The minimum atomic E-state index is -0.456. The second-order valence-electron chi connectivity index (χ2n) is 6.66. The number of ketones is 1. The second-order valence-corrected chi connectivity index (χ2v) is 7.97. The Morgan fingerprint density at radius 2 is 1.76 bits per heavy atom. The van der Waals surface area contributed by atoms with Crippen LogP contribution in [0.5, 0.6) is 0 Å². The number of nitrogens with zero attached hydrogens (tertiary/aromatic N) is 2. The quantitative estimate of drug-likeness (QED) is 0.329. The van der Waals surface area contributed by atoms with Gasteiger partial charge in [-0.1, -0.05) is 30.3 Å². The first-order valence-electron chi connectivity index (χ1n) is 9.38. The van der Waals surface area contributed by atoms with Crippen LogP contribution in [-0.2, 0) is 4.74 Å². The van der Waals surface area contributed by atoms with Crippen molar-refractivity contribution >= 4 is 35.6 Å². The summed E-state index contributed by atoms with van der Waals surface area (Å²) in [6.07, 6.45) is 0.371. The van der Waals surface area contributed by atoms with Crippen LogP contribution in [0.15, 0.2) is 54.6 Å². The first-order chi connectivity index (χ1) is 13.6. The third kappa shape index (κ3) is 7.12. The van der Waals surface area contributed by atoms with Crippen molar-refractivity contribution in [3.63, 3.8) is 0 Å². The summed E-state index contributed by atoms with van der Waals surface area (Å²) in [5.74, 6) is 0.940. The molecule has 1 aliphatic heterocycles. The fourth-order valence-corrected chi connectivity index (χ4v) is 4.41. The molecule has 3 rings (SSSR count). The van der Waals surface area contributed by atoms with Crippen molar-refractivity contribution in [3.05, 3.63) is 75.8 Å². The van der Waals surface area contributed by atoms with Crippen LogP contribution in [0.3, 0.4) is 0 Å². The van der Waals surface area contributed by atoms with Crippen LogP contribution < -0.4 is 0 Å². The summed E-state index contributed by atoms with van der Waals surface area (Å²) >= 11 is 1.79. The normalized spacial score (nSPS) is 15.3. The number of non-ortho nitro benzene ring substituents is 1. The highest BCUT2D eigenvalue weighted by Gasteiger charge is 2.19. The molecule has 156 valence electrons. The van der Waals surface area contributed by atoms with Crippen molar-refractivity contribution in [1.29, 1.82) is 0 Å². The molecule has 0 bridgehead atoms. The van der Waals surface area contributed by atoms with Crippen LogP contribution in [-0.4, -0.2) is 54.2 Å². The van der Waals surface area contributed by atoms with E-state index in [1.807, 2.05) is 18.2 Å². The maximum Gasteiger partial charge on any atom is 0.269 e. The summed E-state index contributed by atoms with van der Waals surface area (Å²) in [7, 11) is 0. The van der Waals surface area contributed by atoms with Gasteiger partial charge in [-0.25, -0.2) is 0 Å². The van der Waals surface area contributed by atoms with Gasteiger partial charge in [-0.2, -0.15) is 11.8 Å². The average molecular weight is 437 g/mol. The number of benzene rings is 2. The Balaban J connectivity index is 0.00000300. The second kappa shape index (κ2) is 11.9. The Morgan fingerprint density at radius 1 is 1.10 bits per heavy atom. The highest BCUT2D eigenvalue weighted by molar-refractivity contribution is 7.99. The van der Waals surface area contributed by atoms with Crippen LogP contribution in [0, 0.1) is 10.1 Å². The standard InChI is InChI=1S/C21H24N2O4S.ClH/c24-20(17-6-8-19(9-7-17)23(25)26)16-21(18-4-2-1-3-5-18)28-15-12-22-10-13-27-14-11-22;/h1-9,21H,10-16H2;1H. The van der Waals surface area contributed by atoms with Gasteiger partial charge in [0.15, 0.2) is 5.78 Å². The Hall–Kier alpha value is -1.93. The van der Waals surface area contributed by atoms with E-state index in [1.165, 1.54) is 12.1 Å². The van der Waals surface area contributed by atoms with Crippen molar-refractivity contribution in [2.75, 3.05) is 38.6 Å². The number of hydrogen-bond acceptors (Lipinski definition) is 6. The average Bonchev–Trinajstić information content (AvgIpc) is 2.74. The molecular weight excluding hydrogens is 412 g/mol. The number of morpholine rings is 1. The van der Waals surface area contributed by atoms with Crippen molar-refractivity contribution in [3.8, 4) is 0 Å². The van der Waals surface area contributed by atoms with Crippen LogP contribution >= 0.6 is 24.2 Å². The molecule has 0 spiro atoms. The molecule has 1 fully saturated rings. The first-order valence-corrected chi connectivity index (χ1v) is 10.4. The third-order valence-electron chi connectivity index (χ3n) is 4.77. The number of rotatable bonds is 9. The molecule has 1 unspecified atom stereocenters. The van der Waals surface area contributed by atoms with Gasteiger partial charge in [0.05, 0.1) is 18.1 Å². The van der Waals surface area contributed by atoms with Crippen LogP contribution in [0.4, 0.5) is 5.69 Å². The topological polar surface area (TPSA) is 72.7 Å². The van der Waals surface area contributed by atoms with Crippen molar-refractivity contribution in [2.45, 2.75) is 11.7 Å². The van der Waals surface area contributed by atoms with E-state index in [2.05, 4.69) is 17.0 Å². The van der Waals surface area contributed by atoms with Gasteiger partial charge < -0.3 is 4.74 Å². The molecule has 0 radical (unpaired) electrons. The molecule has 0 aromatic heterocycles. The number of Topliss-reactive ketones (excluding diaryl/α,β-unsaturated/α-hetero) is 1. The smallest absolute Gasteiger partial charge is 0.269 e. The van der Waals surface area contributed by atoms with E-state index < -0.39 is 4.92 Å². The summed E-state index contributed by atoms with van der Waals surface area (Å²) in [5.41, 5.74) is 1.64. The van der Waals surface area contributed by atoms with Crippen molar-refractivity contribution in [2.24, 2.45) is 0 Å². The van der Waals surface area contributed by atoms with Gasteiger partial charge in [0.2, 0.25) is 0 Å². The lowest BCUT2D eigenvalue weighted by atomic mass is 10.0. The van der Waals surface area contributed by atoms with Crippen molar-refractivity contribution < 1.29 is 14.5 Å². The zero-order valence-electron chi connectivity index (χ0n) is 16.1. The van der Waals surface area contributed by atoms with Crippen LogP contribution in [0.25, 0.3) is 0 Å². The first kappa shape index (κ1) is 23.3. The Kier molecular flexibility index (Phi) is 9.60.